The molecule has 32 heteroatoms. The van der Waals surface area contributed by atoms with E-state index in [9.17, 15) is 32.7 Å². The second-order valence-electron chi connectivity index (χ2n) is 27.7. The third kappa shape index (κ3) is 31.9. The molecule has 0 radical (unpaired) electrons. The van der Waals surface area contributed by atoms with Crippen molar-refractivity contribution in [2.24, 2.45) is 29.6 Å². The number of H-pyrrole nitrogens is 2. The molecule has 9 aromatic rings. The number of nitrogens with zero attached hydrogens (tertiary/aromatic N) is 7. The Hall–Kier alpha value is -11.3. The van der Waals surface area contributed by atoms with Crippen LogP contribution < -0.4 is 37.9 Å². The second-order valence-corrected chi connectivity index (χ2v) is 28.3. The van der Waals surface area contributed by atoms with Crippen molar-refractivity contribution in [2.45, 2.75) is 155 Å². The standard InChI is InChI=1S/C25H29N3O5.C17H21N3O4.C15H17N3O4.C12H16O2.C6H11Br.C6H6O2.C2HF3O2/c1-3-31-25(29)23-24(28(27-26-23)16-18-11-13-20(30-2)14-12-18)33-22-10-6-9-21(15-22)32-17-19-7-4-5-8-19;1-2-22-17(21)15-16(19-20-18-15)24-14-9-5-8-13(10-14)23-11-12-6-3-4-7-12;19-15(20)13-14(17-18-16-13)22-12-7-3-6-11(8-12)21-9-10-4-1-2-5-10;13-11-6-3-7-12(8-11)14-9-10-4-1-2-5-10;7-5-6-3-1-2-4-6;7-5-2-1-3-6(8)4-5;3-2(4,5)1(6)7/h6,9-15,19H,3-5,7-8,16-17H2,1-2H3;5,8-10,12H,2-4,6-7,11H2,1H3,(H,18,19,20);3,6-8,10H,1-2,4-5,9H2,(H,19,20)(H,16,17,18);3,6-8,10,13H,1-2,4-5,9H2;6H,1-5H2;1-4,7-8H;(H,6,7). The lowest BCUT2D eigenvalue weighted by atomic mass is 10.1. The number of aromatic carboxylic acids is 1. The number of rotatable bonds is 27. The summed E-state index contributed by atoms with van der Waals surface area (Å²) in [4.78, 5) is 44.1. The first-order chi connectivity index (χ1) is 55.6. The third-order valence-electron chi connectivity index (χ3n) is 18.9. The van der Waals surface area contributed by atoms with Gasteiger partial charge in [0.25, 0.3) is 17.6 Å². The molecule has 5 aliphatic carbocycles. The van der Waals surface area contributed by atoms with E-state index in [-0.39, 0.29) is 65.2 Å². The molecule has 5 fully saturated rings. The van der Waals surface area contributed by atoms with Gasteiger partial charge in [-0.2, -0.15) is 13.2 Å². The van der Waals surface area contributed by atoms with Gasteiger partial charge >= 0.3 is 30.1 Å². The number of carbonyl (C=O) groups excluding carboxylic acids is 2. The molecule has 3 heterocycles. The monoisotopic (exact) mass is 1660 g/mol. The molecule has 0 unspecified atom stereocenters. The van der Waals surface area contributed by atoms with Crippen LogP contribution in [0.25, 0.3) is 0 Å². The minimum absolute atomic E-state index is 0.0302. The van der Waals surface area contributed by atoms with Gasteiger partial charge in [0.2, 0.25) is 17.1 Å². The molecule has 28 nitrogen and oxygen atoms in total. The van der Waals surface area contributed by atoms with Gasteiger partial charge in [0, 0.05) is 35.7 Å². The first-order valence-corrected chi connectivity index (χ1v) is 39.7. The maximum absolute atomic E-state index is 12.5. The first kappa shape index (κ1) is 89.2. The van der Waals surface area contributed by atoms with Gasteiger partial charge in [-0.15, -0.1) is 5.10 Å². The van der Waals surface area contributed by atoms with Gasteiger partial charge in [-0.3, -0.25) is 0 Å². The number of carboxylic acids is 2. The molecule has 5 aliphatic rings. The normalized spacial score (nSPS) is 14.6. The summed E-state index contributed by atoms with van der Waals surface area (Å²) < 4.78 is 89.0. The van der Waals surface area contributed by atoms with Crippen molar-refractivity contribution >= 4 is 39.8 Å². The zero-order chi connectivity index (χ0) is 82.2. The van der Waals surface area contributed by atoms with E-state index in [4.69, 9.17) is 72.6 Å². The number of ether oxygens (including phenoxy) is 10. The number of esters is 2. The number of benzene rings is 6. The number of aliphatic carboxylic acids is 1. The van der Waals surface area contributed by atoms with Crippen LogP contribution in [0.1, 0.15) is 179 Å². The van der Waals surface area contributed by atoms with E-state index in [1.54, 1.807) is 80.2 Å². The number of aromatic amines is 2. The van der Waals surface area contributed by atoms with Crippen molar-refractivity contribution in [2.75, 3.05) is 52.1 Å². The Morgan fingerprint density at radius 2 is 0.817 bits per heavy atom. The summed E-state index contributed by atoms with van der Waals surface area (Å²) in [6, 6.07) is 42.2. The summed E-state index contributed by atoms with van der Waals surface area (Å²) in [5.41, 5.74) is 0.892. The SMILES string of the molecule is BrCC1CCCC1.CCOC(=O)c1[nH]nnc1Oc1cccc(OCC2CCCC2)c1.CCOC(=O)c1nnn(Cc2ccc(OC)cc2)c1Oc1cccc(OCC2CCCC2)c1.O=C(O)C(F)(F)F.O=C(O)c1[nH]nnc1Oc1cccc(OCC2CCCC2)c1.Oc1cccc(O)c1.Oc1cccc(OCC2CCCC2)c1. The lowest BCUT2D eigenvalue weighted by Crippen LogP contribution is -2.21. The van der Waals surface area contributed by atoms with E-state index in [1.165, 1.54) is 152 Å². The largest absolute Gasteiger partial charge is 0.508 e. The Bertz CT molecular complexity index is 4350. The van der Waals surface area contributed by atoms with E-state index in [1.807, 2.05) is 72.8 Å². The van der Waals surface area contributed by atoms with Crippen LogP contribution in [0.5, 0.6) is 80.9 Å². The van der Waals surface area contributed by atoms with Crippen LogP contribution in [-0.4, -0.2) is 153 Å². The van der Waals surface area contributed by atoms with Gasteiger partial charge in [0.15, 0.2) is 0 Å². The van der Waals surface area contributed by atoms with E-state index in [0.29, 0.717) is 60.5 Å². The minimum Gasteiger partial charge on any atom is -0.508 e. The highest BCUT2D eigenvalue weighted by atomic mass is 79.9. The Morgan fingerprint density at radius 1 is 0.461 bits per heavy atom. The molecular formula is C83H101BrF3N9O19. The number of methoxy groups -OCH3 is 1. The molecule has 14 rings (SSSR count). The summed E-state index contributed by atoms with van der Waals surface area (Å²) in [6.07, 6.45) is 21.1. The number of alkyl halides is 4. The average Bonchev–Trinajstić information content (AvgIpc) is 1.69. The van der Waals surface area contributed by atoms with Crippen LogP contribution in [0.4, 0.5) is 13.2 Å². The lowest BCUT2D eigenvalue weighted by molar-refractivity contribution is -0.192. The summed E-state index contributed by atoms with van der Waals surface area (Å²) in [6.45, 7) is 7.26. The first-order valence-electron chi connectivity index (χ1n) is 38.6. The molecular weight excluding hydrogens is 1560 g/mol. The molecule has 0 saturated heterocycles. The summed E-state index contributed by atoms with van der Waals surface area (Å²) >= 11 is 3.48. The quantitative estimate of drug-likeness (QED) is 0.0186. The predicted octanol–water partition coefficient (Wildman–Crippen LogP) is 18.3. The van der Waals surface area contributed by atoms with Gasteiger partial charge in [-0.05, 0) is 186 Å². The molecule has 0 bridgehead atoms. The number of phenols is 3. The average molecular weight is 1670 g/mol. The molecule has 3 aromatic heterocycles. The molecule has 6 aromatic carbocycles. The fraction of sp³-hybridized carbons (Fsp3) is 0.446. The van der Waals surface area contributed by atoms with Gasteiger partial charge in [-0.25, -0.2) is 34.1 Å². The van der Waals surface area contributed by atoms with Gasteiger partial charge in [-0.1, -0.05) is 148 Å². The van der Waals surface area contributed by atoms with Gasteiger partial charge in [0.1, 0.15) is 63.2 Å². The van der Waals surface area contributed by atoms with Crippen LogP contribution in [0, 0.1) is 29.6 Å². The Morgan fingerprint density at radius 3 is 1.18 bits per heavy atom. The van der Waals surface area contributed by atoms with Crippen molar-refractivity contribution < 1.29 is 105 Å². The van der Waals surface area contributed by atoms with Crippen LogP contribution in [0.3, 0.4) is 0 Å². The van der Waals surface area contributed by atoms with Crippen LogP contribution in [0.2, 0.25) is 0 Å². The fourth-order valence-electron chi connectivity index (χ4n) is 12.8. The zero-order valence-corrected chi connectivity index (χ0v) is 66.2. The van der Waals surface area contributed by atoms with Crippen molar-refractivity contribution in [1.82, 2.24) is 45.8 Å². The third-order valence-corrected chi connectivity index (χ3v) is 19.8. The summed E-state index contributed by atoms with van der Waals surface area (Å²) in [5.74, 6) is 4.44. The molecule has 5 saturated carbocycles. The molecule has 0 atom stereocenters. The van der Waals surface area contributed by atoms with Gasteiger partial charge < -0.3 is 72.9 Å². The molecule has 115 heavy (non-hydrogen) atoms. The number of aromatic nitrogens is 9. The number of nitrogens with one attached hydrogen (secondary N) is 2. The highest BCUT2D eigenvalue weighted by molar-refractivity contribution is 9.09. The van der Waals surface area contributed by atoms with E-state index >= 15 is 0 Å². The number of carboxylic acid groups (broad SMARTS) is 2. The van der Waals surface area contributed by atoms with Crippen molar-refractivity contribution in [3.05, 3.63) is 168 Å². The van der Waals surface area contributed by atoms with Crippen LogP contribution in [-0.2, 0) is 20.8 Å². The van der Waals surface area contributed by atoms with E-state index in [2.05, 4.69) is 57.1 Å². The number of phenolic OH excluding ortho intramolecular Hbond substituents is 3. The Kier molecular flexibility index (Phi) is 37.3. The summed E-state index contributed by atoms with van der Waals surface area (Å²) in [7, 11) is 1.62. The fourth-order valence-corrected chi connectivity index (χ4v) is 13.5. The molecule has 7 N–H and O–H groups in total. The van der Waals surface area contributed by atoms with Gasteiger partial charge in [0.05, 0.1) is 53.3 Å². The Labute approximate surface area is 673 Å². The number of hydrogen-bond acceptors (Lipinski definition) is 23. The second kappa shape index (κ2) is 48.0. The van der Waals surface area contributed by atoms with Crippen molar-refractivity contribution in [3.8, 4) is 80.9 Å². The van der Waals surface area contributed by atoms with Crippen molar-refractivity contribution in [3.63, 3.8) is 0 Å². The number of aromatic hydroxyl groups is 3. The number of carbonyl (C=O) groups is 4. The zero-order valence-electron chi connectivity index (χ0n) is 64.6. The smallest absolute Gasteiger partial charge is 0.490 e. The number of halogens is 4. The van der Waals surface area contributed by atoms with E-state index in [0.717, 1.165) is 53.6 Å². The maximum atomic E-state index is 12.5. The highest BCUT2D eigenvalue weighted by Crippen LogP contribution is 2.35. The predicted molar refractivity (Wildman–Crippen MR) is 420 cm³/mol. The summed E-state index contributed by atoms with van der Waals surface area (Å²) in [5, 5.41) is 71.3. The van der Waals surface area contributed by atoms with Crippen molar-refractivity contribution in [1.29, 1.82) is 0 Å². The van der Waals surface area contributed by atoms with Crippen LogP contribution >= 0.6 is 15.9 Å². The number of hydrogen-bond donors (Lipinski definition) is 7. The van der Waals surface area contributed by atoms with E-state index < -0.39 is 30.1 Å². The highest BCUT2D eigenvalue weighted by Gasteiger charge is 2.38. The molecule has 620 valence electrons. The maximum Gasteiger partial charge on any atom is 0.490 e. The molecule has 0 aliphatic heterocycles. The van der Waals surface area contributed by atoms with Crippen LogP contribution in [0.15, 0.2) is 146 Å². The Balaban J connectivity index is 0.000000180. The lowest BCUT2D eigenvalue weighted by Gasteiger charge is -2.13. The minimum atomic E-state index is -5.08. The molecule has 0 amide bonds. The molecule has 0 spiro atoms. The topological polar surface area (TPSA) is 376 Å².